The molecule has 1 aromatic heterocycles. The number of hydrogen-bond donors (Lipinski definition) is 1. The lowest BCUT2D eigenvalue weighted by Crippen LogP contribution is -2.18. The molecule has 2 aromatic rings. The fraction of sp³-hybridized carbons (Fsp3) is 0.333. The molecule has 0 fully saturated rings. The summed E-state index contributed by atoms with van der Waals surface area (Å²) in [5.74, 6) is 2.38. The summed E-state index contributed by atoms with van der Waals surface area (Å²) in [5.41, 5.74) is 8.09. The van der Waals surface area contributed by atoms with Gasteiger partial charge in [0.1, 0.15) is 17.4 Å². The van der Waals surface area contributed by atoms with Crippen LogP contribution in [0.3, 0.4) is 0 Å². The van der Waals surface area contributed by atoms with Gasteiger partial charge in [-0.3, -0.25) is 0 Å². The van der Waals surface area contributed by atoms with Gasteiger partial charge in [-0.05, 0) is 34.8 Å². The van der Waals surface area contributed by atoms with Crippen LogP contribution < -0.4 is 10.5 Å². The number of nitrogens with zero attached hydrogens (tertiary/aromatic N) is 2. The second kappa shape index (κ2) is 5.40. The van der Waals surface area contributed by atoms with Gasteiger partial charge >= 0.3 is 0 Å². The number of hydrogen-bond acceptors (Lipinski definition) is 4. The molecule has 104 valence electrons. The van der Waals surface area contributed by atoms with Gasteiger partial charge in [0.25, 0.3) is 0 Å². The Hall–Kier alpha value is -1.62. The Kier molecular flexibility index (Phi) is 3.61. The number of nitrogen functional groups attached to an aromatic ring is 1. The second-order valence-electron chi connectivity index (χ2n) is 4.81. The van der Waals surface area contributed by atoms with E-state index < -0.39 is 0 Å². The molecule has 1 atom stereocenters. The molecule has 0 radical (unpaired) electrons. The summed E-state index contributed by atoms with van der Waals surface area (Å²) in [4.78, 5) is 9.15. The second-order valence-corrected chi connectivity index (χ2v) is 5.60. The number of ether oxygens (including phenoxy) is 1. The van der Waals surface area contributed by atoms with Crippen molar-refractivity contribution in [3.63, 3.8) is 0 Å². The van der Waals surface area contributed by atoms with E-state index >= 15 is 0 Å². The first-order chi connectivity index (χ1) is 9.70. The molecule has 2 heterocycles. The monoisotopic (exact) mass is 333 g/mol. The minimum Gasteiger partial charge on any atom is -0.493 e. The molecule has 0 spiro atoms. The topological polar surface area (TPSA) is 61.0 Å². The van der Waals surface area contributed by atoms with Crippen LogP contribution in [0, 0.1) is 0 Å². The molecule has 1 aliphatic rings. The number of aromatic nitrogens is 2. The third-order valence-corrected chi connectivity index (χ3v) is 4.43. The number of rotatable bonds is 2. The summed E-state index contributed by atoms with van der Waals surface area (Å²) in [6, 6.07) is 8.07. The molecule has 0 bridgehead atoms. The van der Waals surface area contributed by atoms with Gasteiger partial charge in [0.15, 0.2) is 0 Å². The minimum atomic E-state index is 0.153. The van der Waals surface area contributed by atoms with Crippen molar-refractivity contribution in [2.45, 2.75) is 25.7 Å². The van der Waals surface area contributed by atoms with Gasteiger partial charge in [0, 0.05) is 5.56 Å². The Balaban J connectivity index is 2.09. The van der Waals surface area contributed by atoms with E-state index in [0.29, 0.717) is 12.4 Å². The number of nitrogens with two attached hydrogens (primary N) is 1. The van der Waals surface area contributed by atoms with E-state index in [0.717, 1.165) is 40.1 Å². The predicted octanol–water partition coefficient (Wildman–Crippen LogP) is 3.30. The van der Waals surface area contributed by atoms with Gasteiger partial charge in [-0.1, -0.05) is 25.1 Å². The highest BCUT2D eigenvalue weighted by molar-refractivity contribution is 9.10. The molecule has 5 heteroatoms. The Labute approximate surface area is 126 Å². The molecule has 0 saturated heterocycles. The Bertz CT molecular complexity index is 645. The number of anilines is 1. The van der Waals surface area contributed by atoms with Gasteiger partial charge in [0.2, 0.25) is 0 Å². The lowest BCUT2D eigenvalue weighted by atomic mass is 9.92. The number of para-hydroxylation sites is 1. The normalized spacial score (nSPS) is 17.4. The third-order valence-electron chi connectivity index (χ3n) is 3.57. The molecule has 1 aromatic carbocycles. The van der Waals surface area contributed by atoms with Crippen molar-refractivity contribution in [3.8, 4) is 5.75 Å². The molecule has 0 aliphatic carbocycles. The number of halogens is 1. The Morgan fingerprint density at radius 1 is 1.35 bits per heavy atom. The number of benzene rings is 1. The summed E-state index contributed by atoms with van der Waals surface area (Å²) >= 11 is 3.46. The van der Waals surface area contributed by atoms with Crippen molar-refractivity contribution in [2.75, 3.05) is 12.3 Å². The van der Waals surface area contributed by atoms with Crippen LogP contribution >= 0.6 is 15.9 Å². The summed E-state index contributed by atoms with van der Waals surface area (Å²) in [6.07, 6.45) is 1.70. The molecule has 1 unspecified atom stereocenters. The first-order valence-corrected chi connectivity index (χ1v) is 7.53. The third kappa shape index (κ3) is 2.26. The van der Waals surface area contributed by atoms with E-state index in [1.165, 1.54) is 0 Å². The van der Waals surface area contributed by atoms with E-state index in [4.69, 9.17) is 10.5 Å². The first kappa shape index (κ1) is 13.4. The smallest absolute Gasteiger partial charge is 0.141 e. The zero-order chi connectivity index (χ0) is 14.1. The van der Waals surface area contributed by atoms with E-state index in [1.54, 1.807) is 0 Å². The number of fused-ring (bicyclic) bond motifs is 1. The zero-order valence-corrected chi connectivity index (χ0v) is 12.9. The fourth-order valence-electron chi connectivity index (χ4n) is 2.53. The van der Waals surface area contributed by atoms with Crippen LogP contribution in [0.25, 0.3) is 0 Å². The minimum absolute atomic E-state index is 0.153. The van der Waals surface area contributed by atoms with Crippen molar-refractivity contribution >= 4 is 21.7 Å². The maximum Gasteiger partial charge on any atom is 0.141 e. The molecule has 0 amide bonds. The van der Waals surface area contributed by atoms with Crippen LogP contribution in [0.2, 0.25) is 0 Å². The molecular formula is C15H16BrN3O. The van der Waals surface area contributed by atoms with E-state index in [2.05, 4.69) is 38.9 Å². The Morgan fingerprint density at radius 3 is 2.95 bits per heavy atom. The van der Waals surface area contributed by atoms with Crippen molar-refractivity contribution < 1.29 is 4.74 Å². The standard InChI is InChI=1S/C15H16BrN3O/c1-2-11-13(16)14(17)19-15(18-11)10-7-8-20-12-6-4-3-5-9(10)12/h3-6,10H,2,7-8H2,1H3,(H2,17,18,19). The lowest BCUT2D eigenvalue weighted by molar-refractivity contribution is 0.274. The maximum atomic E-state index is 5.99. The number of aryl methyl sites for hydroxylation is 1. The quantitative estimate of drug-likeness (QED) is 0.915. The largest absolute Gasteiger partial charge is 0.493 e. The van der Waals surface area contributed by atoms with Crippen molar-refractivity contribution in [1.29, 1.82) is 0 Å². The van der Waals surface area contributed by atoms with Gasteiger partial charge in [-0.2, -0.15) is 0 Å². The van der Waals surface area contributed by atoms with E-state index in [1.807, 2.05) is 18.2 Å². The van der Waals surface area contributed by atoms with Gasteiger partial charge in [-0.15, -0.1) is 0 Å². The van der Waals surface area contributed by atoms with Crippen LogP contribution in [-0.2, 0) is 6.42 Å². The molecule has 20 heavy (non-hydrogen) atoms. The highest BCUT2D eigenvalue weighted by Crippen LogP contribution is 2.37. The van der Waals surface area contributed by atoms with Crippen LogP contribution in [-0.4, -0.2) is 16.6 Å². The zero-order valence-electron chi connectivity index (χ0n) is 11.3. The van der Waals surface area contributed by atoms with Crippen LogP contribution in [0.15, 0.2) is 28.7 Å². The van der Waals surface area contributed by atoms with Gasteiger partial charge in [0.05, 0.1) is 22.7 Å². The van der Waals surface area contributed by atoms with Gasteiger partial charge < -0.3 is 10.5 Å². The molecular weight excluding hydrogens is 318 g/mol. The molecule has 1 aliphatic heterocycles. The van der Waals surface area contributed by atoms with Gasteiger partial charge in [-0.25, -0.2) is 9.97 Å². The van der Waals surface area contributed by atoms with E-state index in [9.17, 15) is 0 Å². The van der Waals surface area contributed by atoms with Crippen LogP contribution in [0.1, 0.15) is 36.3 Å². The first-order valence-electron chi connectivity index (χ1n) is 6.74. The van der Waals surface area contributed by atoms with Crippen molar-refractivity contribution in [3.05, 3.63) is 45.8 Å². The maximum absolute atomic E-state index is 5.99. The average molecular weight is 334 g/mol. The van der Waals surface area contributed by atoms with Crippen molar-refractivity contribution in [2.24, 2.45) is 0 Å². The molecule has 0 saturated carbocycles. The van der Waals surface area contributed by atoms with Crippen LogP contribution in [0.5, 0.6) is 5.75 Å². The molecule has 2 N–H and O–H groups in total. The summed E-state index contributed by atoms with van der Waals surface area (Å²) < 4.78 is 6.50. The highest BCUT2D eigenvalue weighted by Gasteiger charge is 2.26. The Morgan fingerprint density at radius 2 is 2.15 bits per heavy atom. The highest BCUT2D eigenvalue weighted by atomic mass is 79.9. The summed E-state index contributed by atoms with van der Waals surface area (Å²) in [7, 11) is 0. The molecule has 4 nitrogen and oxygen atoms in total. The summed E-state index contributed by atoms with van der Waals surface area (Å²) in [6.45, 7) is 2.75. The van der Waals surface area contributed by atoms with E-state index in [-0.39, 0.29) is 5.92 Å². The SMILES string of the molecule is CCc1nc(C2CCOc3ccccc32)nc(N)c1Br. The lowest BCUT2D eigenvalue weighted by Gasteiger charge is -2.25. The average Bonchev–Trinajstić information content (AvgIpc) is 2.49. The summed E-state index contributed by atoms with van der Waals surface area (Å²) in [5, 5.41) is 0. The molecule has 3 rings (SSSR count). The fourth-order valence-corrected chi connectivity index (χ4v) is 2.99. The predicted molar refractivity (Wildman–Crippen MR) is 81.9 cm³/mol. The van der Waals surface area contributed by atoms with Crippen LogP contribution in [0.4, 0.5) is 5.82 Å². The van der Waals surface area contributed by atoms with Crippen molar-refractivity contribution in [1.82, 2.24) is 9.97 Å².